The van der Waals surface area contributed by atoms with Crippen molar-refractivity contribution in [1.29, 1.82) is 0 Å². The number of fused-ring (bicyclic) bond motifs is 1. The van der Waals surface area contributed by atoms with Gasteiger partial charge in [0.25, 0.3) is 0 Å². The smallest absolute Gasteiger partial charge is 0.229 e. The topological polar surface area (TPSA) is 73.1 Å². The summed E-state index contributed by atoms with van der Waals surface area (Å²) in [6.07, 6.45) is 3.55. The van der Waals surface area contributed by atoms with Gasteiger partial charge in [-0.3, -0.25) is 4.98 Å². The molecule has 0 aromatic carbocycles. The summed E-state index contributed by atoms with van der Waals surface area (Å²) in [7, 11) is 0. The van der Waals surface area contributed by atoms with Crippen LogP contribution in [0.4, 0.5) is 0 Å². The van der Waals surface area contributed by atoms with E-state index in [4.69, 9.17) is 9.26 Å². The first kappa shape index (κ1) is 14.2. The van der Waals surface area contributed by atoms with Gasteiger partial charge in [-0.2, -0.15) is 4.98 Å². The molecule has 1 aliphatic heterocycles. The molecule has 2 aromatic heterocycles. The molecule has 0 spiro atoms. The molecule has 6 heteroatoms. The molecule has 0 bridgehead atoms. The largest absolute Gasteiger partial charge is 0.381 e. The Balaban J connectivity index is 1.90. The van der Waals surface area contributed by atoms with Crippen LogP contribution in [0.1, 0.15) is 29.6 Å². The minimum atomic E-state index is 0.603. The molecule has 6 nitrogen and oxygen atoms in total. The second-order valence-corrected chi connectivity index (χ2v) is 5.11. The van der Waals surface area contributed by atoms with E-state index in [1.807, 2.05) is 20.0 Å². The molecule has 2 aromatic rings. The summed E-state index contributed by atoms with van der Waals surface area (Å²) in [4.78, 5) is 8.97. The van der Waals surface area contributed by atoms with E-state index >= 15 is 0 Å². The summed E-state index contributed by atoms with van der Waals surface area (Å²) in [5, 5.41) is 7.49. The lowest BCUT2D eigenvalue weighted by Crippen LogP contribution is -2.24. The van der Waals surface area contributed by atoms with Crippen molar-refractivity contribution in [2.24, 2.45) is 0 Å². The van der Waals surface area contributed by atoms with Gasteiger partial charge in [0.15, 0.2) is 0 Å². The molecule has 0 unspecified atom stereocenters. The lowest BCUT2D eigenvalue weighted by molar-refractivity contribution is 0.144. The van der Waals surface area contributed by atoms with E-state index in [-0.39, 0.29) is 0 Å². The minimum absolute atomic E-state index is 0.603. The number of hydrogen-bond acceptors (Lipinski definition) is 6. The summed E-state index contributed by atoms with van der Waals surface area (Å²) < 4.78 is 10.6. The number of aromatic nitrogens is 3. The lowest BCUT2D eigenvalue weighted by atomic mass is 9.95. The second kappa shape index (κ2) is 6.32. The normalized spacial score (nSPS) is 14.2. The Bertz CT molecular complexity index is 624. The van der Waals surface area contributed by atoms with Crippen molar-refractivity contribution >= 4 is 0 Å². The van der Waals surface area contributed by atoms with Gasteiger partial charge >= 0.3 is 0 Å². The number of nitrogens with zero attached hydrogens (tertiary/aromatic N) is 3. The third kappa shape index (κ3) is 2.96. The number of pyridine rings is 1. The van der Waals surface area contributed by atoms with E-state index in [1.54, 1.807) is 0 Å². The van der Waals surface area contributed by atoms with Gasteiger partial charge in [-0.1, -0.05) is 5.16 Å². The lowest BCUT2D eigenvalue weighted by Gasteiger charge is -2.19. The van der Waals surface area contributed by atoms with Crippen LogP contribution in [-0.2, 0) is 24.1 Å². The van der Waals surface area contributed by atoms with E-state index in [0.717, 1.165) is 30.8 Å². The van der Waals surface area contributed by atoms with Crippen molar-refractivity contribution in [3.05, 3.63) is 28.9 Å². The van der Waals surface area contributed by atoms with Gasteiger partial charge in [-0.25, -0.2) is 0 Å². The fourth-order valence-electron chi connectivity index (χ4n) is 2.63. The molecule has 0 fully saturated rings. The predicted octanol–water partition coefficient (Wildman–Crippen LogP) is 1.66. The maximum Gasteiger partial charge on any atom is 0.229 e. The molecule has 0 atom stereocenters. The van der Waals surface area contributed by atoms with Gasteiger partial charge < -0.3 is 14.6 Å². The fourth-order valence-corrected chi connectivity index (χ4v) is 2.63. The first-order valence-electron chi connectivity index (χ1n) is 7.38. The van der Waals surface area contributed by atoms with Crippen LogP contribution in [-0.4, -0.2) is 34.9 Å². The summed E-state index contributed by atoms with van der Waals surface area (Å²) in [5.41, 5.74) is 4.49. The van der Waals surface area contributed by atoms with E-state index in [2.05, 4.69) is 20.4 Å². The zero-order valence-electron chi connectivity index (χ0n) is 12.5. The minimum Gasteiger partial charge on any atom is -0.381 e. The van der Waals surface area contributed by atoms with E-state index in [1.165, 1.54) is 11.1 Å². The van der Waals surface area contributed by atoms with Crippen LogP contribution in [0.2, 0.25) is 0 Å². The Labute approximate surface area is 123 Å². The number of ether oxygens (including phenoxy) is 1. The van der Waals surface area contributed by atoms with Gasteiger partial charge in [-0.05, 0) is 37.9 Å². The maximum atomic E-state index is 5.33. The van der Waals surface area contributed by atoms with E-state index in [9.17, 15) is 0 Å². The van der Waals surface area contributed by atoms with Crippen LogP contribution in [0.15, 0.2) is 10.7 Å². The van der Waals surface area contributed by atoms with Crippen LogP contribution >= 0.6 is 0 Å². The molecule has 21 heavy (non-hydrogen) atoms. The molecule has 112 valence electrons. The highest BCUT2D eigenvalue weighted by molar-refractivity contribution is 5.64. The van der Waals surface area contributed by atoms with Gasteiger partial charge in [0.1, 0.15) is 0 Å². The molecule has 1 aliphatic rings. The van der Waals surface area contributed by atoms with Crippen LogP contribution in [0, 0.1) is 6.92 Å². The Kier molecular flexibility index (Phi) is 4.26. The summed E-state index contributed by atoms with van der Waals surface area (Å²) in [6, 6.07) is 0. The van der Waals surface area contributed by atoms with Crippen molar-refractivity contribution in [1.82, 2.24) is 20.4 Å². The monoisotopic (exact) mass is 288 g/mol. The molecule has 0 aliphatic carbocycles. The standard InChI is InChI=1S/C15H20N4O2/c1-3-20-7-5-13-18-15(19-21-13)14-10(2)17-9-11-8-16-6-4-12(11)14/h9,16H,3-8H2,1-2H3. The van der Waals surface area contributed by atoms with Crippen molar-refractivity contribution in [3.63, 3.8) is 0 Å². The highest BCUT2D eigenvalue weighted by Crippen LogP contribution is 2.28. The molecule has 0 amide bonds. The zero-order valence-corrected chi connectivity index (χ0v) is 12.5. The second-order valence-electron chi connectivity index (χ2n) is 5.11. The van der Waals surface area contributed by atoms with Gasteiger partial charge in [-0.15, -0.1) is 0 Å². The molecule has 1 N–H and O–H groups in total. The molecule has 0 radical (unpaired) electrons. The molecule has 3 rings (SSSR count). The number of nitrogens with one attached hydrogen (secondary N) is 1. The average Bonchev–Trinajstić information content (AvgIpc) is 2.96. The zero-order chi connectivity index (χ0) is 14.7. The number of hydrogen-bond donors (Lipinski definition) is 1. The Hall–Kier alpha value is -1.79. The third-order valence-corrected chi connectivity index (χ3v) is 3.69. The SMILES string of the molecule is CCOCCc1nc(-c2c(C)ncc3c2CCNC3)no1. The van der Waals surface area contributed by atoms with Crippen LogP contribution in [0.3, 0.4) is 0 Å². The first-order chi connectivity index (χ1) is 10.3. The van der Waals surface area contributed by atoms with Crippen molar-refractivity contribution < 1.29 is 9.26 Å². The van der Waals surface area contributed by atoms with Crippen LogP contribution in [0.5, 0.6) is 0 Å². The van der Waals surface area contributed by atoms with E-state index < -0.39 is 0 Å². The molecule has 0 saturated heterocycles. The molecule has 0 saturated carbocycles. The highest BCUT2D eigenvalue weighted by atomic mass is 16.5. The maximum absolute atomic E-state index is 5.33. The first-order valence-corrected chi connectivity index (χ1v) is 7.38. The Morgan fingerprint density at radius 3 is 3.19 bits per heavy atom. The number of rotatable bonds is 5. The summed E-state index contributed by atoms with van der Waals surface area (Å²) in [6.45, 7) is 7.09. The van der Waals surface area contributed by atoms with Gasteiger partial charge in [0, 0.05) is 30.6 Å². The quantitative estimate of drug-likeness (QED) is 0.844. The predicted molar refractivity (Wildman–Crippen MR) is 77.9 cm³/mol. The van der Waals surface area contributed by atoms with Crippen molar-refractivity contribution in [2.75, 3.05) is 19.8 Å². The Morgan fingerprint density at radius 1 is 1.43 bits per heavy atom. The third-order valence-electron chi connectivity index (χ3n) is 3.69. The van der Waals surface area contributed by atoms with E-state index in [0.29, 0.717) is 31.3 Å². The van der Waals surface area contributed by atoms with Gasteiger partial charge in [0.05, 0.1) is 13.0 Å². The number of aryl methyl sites for hydroxylation is 1. The molecule has 3 heterocycles. The summed E-state index contributed by atoms with van der Waals surface area (Å²) >= 11 is 0. The molecular weight excluding hydrogens is 268 g/mol. The fraction of sp³-hybridized carbons (Fsp3) is 0.533. The Morgan fingerprint density at radius 2 is 2.33 bits per heavy atom. The average molecular weight is 288 g/mol. The highest BCUT2D eigenvalue weighted by Gasteiger charge is 2.20. The van der Waals surface area contributed by atoms with Crippen molar-refractivity contribution in [2.45, 2.75) is 33.2 Å². The van der Waals surface area contributed by atoms with Crippen LogP contribution < -0.4 is 5.32 Å². The summed E-state index contributed by atoms with van der Waals surface area (Å²) in [5.74, 6) is 1.26. The molecular formula is C15H20N4O2. The van der Waals surface area contributed by atoms with Gasteiger partial charge in [0.2, 0.25) is 11.7 Å². The van der Waals surface area contributed by atoms with Crippen LogP contribution in [0.25, 0.3) is 11.4 Å². The van der Waals surface area contributed by atoms with Crippen molar-refractivity contribution in [3.8, 4) is 11.4 Å².